The molecule has 0 aromatic heterocycles. The number of hydrogen-bond acceptors (Lipinski definition) is 8. The van der Waals surface area contributed by atoms with Gasteiger partial charge in [0.1, 0.15) is 12.2 Å². The van der Waals surface area contributed by atoms with Crippen LogP contribution in [0.25, 0.3) is 0 Å². The molecule has 0 unspecified atom stereocenters. The van der Waals surface area contributed by atoms with Gasteiger partial charge in [-0.05, 0) is 64.8 Å². The molecule has 2 aromatic carbocycles. The molecule has 3 amide bonds. The Morgan fingerprint density at radius 2 is 1.75 bits per heavy atom. The van der Waals surface area contributed by atoms with Crippen LogP contribution in [0.5, 0.6) is 11.5 Å². The Labute approximate surface area is 260 Å². The lowest BCUT2D eigenvalue weighted by molar-refractivity contribution is 0.0269. The third-order valence-corrected chi connectivity index (χ3v) is 7.10. The maximum absolute atomic E-state index is 14.0. The number of methoxy groups -OCH3 is 2. The SMILES string of the molecule is COCCCOc1cc(C(=O)N(C[C@]2(NC(=O)OCc3ccccc3)CCN(C(=O)OC(C)(C)C)C2)C(C)C)ccc1OC. The molecule has 2 aromatic rings. The van der Waals surface area contributed by atoms with Gasteiger partial charge in [0.05, 0.1) is 19.3 Å². The highest BCUT2D eigenvalue weighted by Crippen LogP contribution is 2.31. The van der Waals surface area contributed by atoms with E-state index in [0.29, 0.717) is 49.7 Å². The Balaban J connectivity index is 1.85. The van der Waals surface area contributed by atoms with E-state index in [4.69, 9.17) is 23.7 Å². The summed E-state index contributed by atoms with van der Waals surface area (Å²) in [5.74, 6) is 0.713. The van der Waals surface area contributed by atoms with Crippen molar-refractivity contribution in [3.8, 4) is 11.5 Å². The fraction of sp³-hybridized carbons (Fsp3) is 0.545. The van der Waals surface area contributed by atoms with Crippen LogP contribution in [-0.4, -0.2) is 92.1 Å². The van der Waals surface area contributed by atoms with Crippen LogP contribution in [-0.2, 0) is 20.8 Å². The second kappa shape index (κ2) is 15.7. The Hall–Kier alpha value is -3.99. The normalized spacial score (nSPS) is 16.4. The van der Waals surface area contributed by atoms with Gasteiger partial charge in [0.2, 0.25) is 0 Å². The second-order valence-corrected chi connectivity index (χ2v) is 12.2. The van der Waals surface area contributed by atoms with E-state index >= 15 is 0 Å². The van der Waals surface area contributed by atoms with Crippen LogP contribution in [0.4, 0.5) is 9.59 Å². The van der Waals surface area contributed by atoms with E-state index < -0.39 is 23.3 Å². The van der Waals surface area contributed by atoms with E-state index in [9.17, 15) is 14.4 Å². The number of alkyl carbamates (subject to hydrolysis) is 1. The molecule has 0 saturated carbocycles. The number of nitrogens with zero attached hydrogens (tertiary/aromatic N) is 2. The largest absolute Gasteiger partial charge is 0.493 e. The van der Waals surface area contributed by atoms with Crippen molar-refractivity contribution in [1.82, 2.24) is 15.1 Å². The number of hydrogen-bond donors (Lipinski definition) is 1. The van der Waals surface area contributed by atoms with E-state index in [0.717, 1.165) is 5.56 Å². The van der Waals surface area contributed by atoms with Crippen molar-refractivity contribution in [1.29, 1.82) is 0 Å². The predicted octanol–water partition coefficient (Wildman–Crippen LogP) is 5.27. The summed E-state index contributed by atoms with van der Waals surface area (Å²) in [5, 5.41) is 3.01. The number of ether oxygens (including phenoxy) is 5. The molecule has 44 heavy (non-hydrogen) atoms. The standard InChI is InChI=1S/C33H47N3O8/c1-24(2)36(29(37)26-14-15-27(41-7)28(20-26)42-19-11-18-40-6)23-33(16-17-35(22-33)31(39)44-32(3,4)5)34-30(38)43-21-25-12-9-8-10-13-25/h8-10,12-15,20,24H,11,16-19,21-23H2,1-7H3,(H,34,38)/t33-/m0/s1. The summed E-state index contributed by atoms with van der Waals surface area (Å²) >= 11 is 0. The maximum atomic E-state index is 14.0. The Morgan fingerprint density at radius 1 is 1.02 bits per heavy atom. The number of nitrogens with one attached hydrogen (secondary N) is 1. The quantitative estimate of drug-likeness (QED) is 0.304. The number of likely N-dealkylation sites (tertiary alicyclic amines) is 1. The minimum atomic E-state index is -0.976. The van der Waals surface area contributed by atoms with E-state index in [1.807, 2.05) is 44.2 Å². The van der Waals surface area contributed by atoms with Gasteiger partial charge in [-0.25, -0.2) is 9.59 Å². The molecule has 0 spiro atoms. The smallest absolute Gasteiger partial charge is 0.410 e. The molecule has 1 aliphatic rings. The molecule has 0 bridgehead atoms. The van der Waals surface area contributed by atoms with Crippen molar-refractivity contribution in [3.63, 3.8) is 0 Å². The Morgan fingerprint density at radius 3 is 2.39 bits per heavy atom. The van der Waals surface area contributed by atoms with Crippen LogP contribution in [0.1, 0.15) is 63.4 Å². The minimum Gasteiger partial charge on any atom is -0.493 e. The molecular weight excluding hydrogens is 566 g/mol. The minimum absolute atomic E-state index is 0.0877. The average molecular weight is 614 g/mol. The average Bonchev–Trinajstić information content (AvgIpc) is 3.40. The van der Waals surface area contributed by atoms with Crippen LogP contribution in [0, 0.1) is 0 Å². The first-order valence-corrected chi connectivity index (χ1v) is 14.9. The third-order valence-electron chi connectivity index (χ3n) is 7.10. The number of carbonyl (C=O) groups is 3. The lowest BCUT2D eigenvalue weighted by Gasteiger charge is -2.38. The number of carbonyl (C=O) groups excluding carboxylic acids is 3. The van der Waals surface area contributed by atoms with Crippen molar-refractivity contribution in [2.45, 2.75) is 71.2 Å². The van der Waals surface area contributed by atoms with Crippen LogP contribution in [0.3, 0.4) is 0 Å². The molecule has 1 aliphatic heterocycles. The molecule has 0 aliphatic carbocycles. The van der Waals surface area contributed by atoms with Crippen LogP contribution < -0.4 is 14.8 Å². The van der Waals surface area contributed by atoms with E-state index in [1.54, 1.807) is 63.0 Å². The van der Waals surface area contributed by atoms with E-state index in [-0.39, 0.29) is 31.6 Å². The lowest BCUT2D eigenvalue weighted by atomic mass is 9.96. The van der Waals surface area contributed by atoms with E-state index in [2.05, 4.69) is 5.32 Å². The number of amides is 3. The molecule has 1 N–H and O–H groups in total. The Bertz CT molecular complexity index is 1250. The first-order chi connectivity index (χ1) is 20.9. The van der Waals surface area contributed by atoms with Gasteiger partial charge in [-0.1, -0.05) is 30.3 Å². The third kappa shape index (κ3) is 10.0. The number of benzene rings is 2. The topological polar surface area (TPSA) is 116 Å². The molecule has 1 heterocycles. The van der Waals surface area contributed by atoms with Crippen molar-refractivity contribution < 1.29 is 38.1 Å². The summed E-state index contributed by atoms with van der Waals surface area (Å²) in [5.41, 5.74) is -0.402. The lowest BCUT2D eigenvalue weighted by Crippen LogP contribution is -2.59. The van der Waals surface area contributed by atoms with Gasteiger partial charge in [0.25, 0.3) is 5.91 Å². The predicted molar refractivity (Wildman–Crippen MR) is 166 cm³/mol. The summed E-state index contributed by atoms with van der Waals surface area (Å²) in [6.07, 6.45) is -0.0305. The van der Waals surface area contributed by atoms with Crippen molar-refractivity contribution in [2.24, 2.45) is 0 Å². The molecule has 11 nitrogen and oxygen atoms in total. The van der Waals surface area contributed by atoms with Gasteiger partial charge in [-0.3, -0.25) is 4.79 Å². The molecule has 1 saturated heterocycles. The summed E-state index contributed by atoms with van der Waals surface area (Å²) in [4.78, 5) is 43.4. The molecule has 11 heteroatoms. The van der Waals surface area contributed by atoms with Gasteiger partial charge in [-0.2, -0.15) is 0 Å². The molecule has 3 rings (SSSR count). The van der Waals surface area contributed by atoms with Gasteiger partial charge in [0, 0.05) is 51.4 Å². The summed E-state index contributed by atoms with van der Waals surface area (Å²) < 4.78 is 27.6. The monoisotopic (exact) mass is 613 g/mol. The zero-order valence-electron chi connectivity index (χ0n) is 27.0. The first kappa shape index (κ1) is 34.5. The summed E-state index contributed by atoms with van der Waals surface area (Å²) in [6, 6.07) is 14.2. The molecule has 0 radical (unpaired) electrons. The van der Waals surface area contributed by atoms with Gasteiger partial charge in [-0.15, -0.1) is 0 Å². The highest BCUT2D eigenvalue weighted by Gasteiger charge is 2.45. The highest BCUT2D eigenvalue weighted by molar-refractivity contribution is 5.95. The number of rotatable bonds is 13. The molecule has 1 atom stereocenters. The van der Waals surface area contributed by atoms with E-state index in [1.165, 1.54) is 0 Å². The van der Waals surface area contributed by atoms with Gasteiger partial charge < -0.3 is 38.8 Å². The van der Waals surface area contributed by atoms with Gasteiger partial charge >= 0.3 is 12.2 Å². The summed E-state index contributed by atoms with van der Waals surface area (Å²) in [6.45, 7) is 10.9. The highest BCUT2D eigenvalue weighted by atomic mass is 16.6. The van der Waals surface area contributed by atoms with Crippen molar-refractivity contribution in [3.05, 3.63) is 59.7 Å². The fourth-order valence-electron chi connectivity index (χ4n) is 4.89. The van der Waals surface area contributed by atoms with Crippen molar-refractivity contribution in [2.75, 3.05) is 47.1 Å². The van der Waals surface area contributed by atoms with Crippen LogP contribution in [0.2, 0.25) is 0 Å². The maximum Gasteiger partial charge on any atom is 0.410 e. The molecule has 1 fully saturated rings. The van der Waals surface area contributed by atoms with Gasteiger partial charge in [0.15, 0.2) is 11.5 Å². The van der Waals surface area contributed by atoms with Crippen molar-refractivity contribution >= 4 is 18.1 Å². The zero-order chi connectivity index (χ0) is 32.3. The molecular formula is C33H47N3O8. The van der Waals surface area contributed by atoms with Crippen LogP contribution in [0.15, 0.2) is 48.5 Å². The molecule has 242 valence electrons. The first-order valence-electron chi connectivity index (χ1n) is 14.9. The zero-order valence-corrected chi connectivity index (χ0v) is 27.0. The summed E-state index contributed by atoms with van der Waals surface area (Å²) in [7, 11) is 3.17. The Kier molecular flexibility index (Phi) is 12.3. The fourth-order valence-corrected chi connectivity index (χ4v) is 4.89. The van der Waals surface area contributed by atoms with Crippen LogP contribution >= 0.6 is 0 Å². The second-order valence-electron chi connectivity index (χ2n) is 12.2.